The zero-order valence-corrected chi connectivity index (χ0v) is 22.4. The molecule has 0 bridgehead atoms. The maximum Gasteiger partial charge on any atom is 0.244 e. The molecular weight excluding hydrogens is 486 g/mol. The summed E-state index contributed by atoms with van der Waals surface area (Å²) >= 11 is 0. The largest absolute Gasteiger partial charge is 0.497 e. The molecule has 0 fully saturated rings. The van der Waals surface area contributed by atoms with E-state index >= 15 is 0 Å². The van der Waals surface area contributed by atoms with E-state index in [0.717, 1.165) is 16.1 Å². The van der Waals surface area contributed by atoms with Crippen LogP contribution < -0.4 is 23.8 Å². The molecule has 0 unspecified atom stereocenters. The van der Waals surface area contributed by atoms with E-state index in [1.54, 1.807) is 51.3 Å². The van der Waals surface area contributed by atoms with Gasteiger partial charge in [-0.25, -0.2) is 8.42 Å². The molecule has 0 heterocycles. The van der Waals surface area contributed by atoms with Crippen molar-refractivity contribution in [1.82, 2.24) is 10.2 Å². The van der Waals surface area contributed by atoms with Crippen LogP contribution in [0.1, 0.15) is 25.8 Å². The fraction of sp³-hybridized carbons (Fsp3) is 0.440. The predicted molar refractivity (Wildman–Crippen MR) is 138 cm³/mol. The van der Waals surface area contributed by atoms with E-state index in [1.807, 2.05) is 0 Å². The number of sulfonamides is 1. The van der Waals surface area contributed by atoms with E-state index in [4.69, 9.17) is 14.2 Å². The van der Waals surface area contributed by atoms with Gasteiger partial charge in [-0.05, 0) is 43.2 Å². The molecule has 36 heavy (non-hydrogen) atoms. The summed E-state index contributed by atoms with van der Waals surface area (Å²) in [5, 5.41) is 2.76. The van der Waals surface area contributed by atoms with E-state index in [9.17, 15) is 18.0 Å². The van der Waals surface area contributed by atoms with Gasteiger partial charge in [0.25, 0.3) is 0 Å². The highest BCUT2D eigenvalue weighted by Gasteiger charge is 2.32. The summed E-state index contributed by atoms with van der Waals surface area (Å²) in [6.45, 7) is 3.58. The van der Waals surface area contributed by atoms with Crippen molar-refractivity contribution in [2.75, 3.05) is 45.0 Å². The van der Waals surface area contributed by atoms with Crippen LogP contribution >= 0.6 is 0 Å². The Kier molecular flexibility index (Phi) is 10.4. The third kappa shape index (κ3) is 7.27. The summed E-state index contributed by atoms with van der Waals surface area (Å²) in [5.74, 6) is 0.507. The van der Waals surface area contributed by atoms with Gasteiger partial charge in [-0.2, -0.15) is 0 Å². The lowest BCUT2D eigenvalue weighted by Crippen LogP contribution is -2.52. The molecule has 11 heteroatoms. The quantitative estimate of drug-likeness (QED) is 0.431. The fourth-order valence-electron chi connectivity index (χ4n) is 3.72. The zero-order chi connectivity index (χ0) is 26.9. The molecule has 0 aliphatic carbocycles. The van der Waals surface area contributed by atoms with Crippen LogP contribution in [0.2, 0.25) is 0 Å². The van der Waals surface area contributed by atoms with E-state index in [1.165, 1.54) is 31.3 Å². The summed E-state index contributed by atoms with van der Waals surface area (Å²) in [4.78, 5) is 27.9. The van der Waals surface area contributed by atoms with Crippen molar-refractivity contribution in [2.24, 2.45) is 0 Å². The second-order valence-electron chi connectivity index (χ2n) is 8.00. The number of hydrogen-bond acceptors (Lipinski definition) is 7. The van der Waals surface area contributed by atoms with Crippen LogP contribution in [-0.4, -0.2) is 71.8 Å². The van der Waals surface area contributed by atoms with Crippen LogP contribution in [0.15, 0.2) is 42.5 Å². The second kappa shape index (κ2) is 13.0. The monoisotopic (exact) mass is 521 g/mol. The molecule has 2 aromatic rings. The minimum atomic E-state index is -3.90. The Balaban J connectivity index is 2.49. The molecule has 10 nitrogen and oxygen atoms in total. The number of anilines is 1. The number of carbonyl (C=O) groups is 2. The van der Waals surface area contributed by atoms with Gasteiger partial charge in [-0.1, -0.05) is 19.1 Å². The lowest BCUT2D eigenvalue weighted by Gasteiger charge is -2.33. The van der Waals surface area contributed by atoms with Gasteiger partial charge in [-0.3, -0.25) is 13.9 Å². The van der Waals surface area contributed by atoms with Crippen molar-refractivity contribution < 1.29 is 32.2 Å². The SMILES string of the molecule is CCNC(=O)[C@@H](CC)N(Cc1ccc(OC)cc1)C(=O)CN(c1ccc(OC)cc1OC)S(C)(=O)=O. The summed E-state index contributed by atoms with van der Waals surface area (Å²) in [6.07, 6.45) is 1.36. The third-order valence-electron chi connectivity index (χ3n) is 5.58. The van der Waals surface area contributed by atoms with E-state index in [-0.39, 0.29) is 23.9 Å². The minimum absolute atomic E-state index is 0.107. The molecule has 0 spiro atoms. The maximum absolute atomic E-state index is 13.7. The van der Waals surface area contributed by atoms with Gasteiger partial charge in [-0.15, -0.1) is 0 Å². The molecule has 1 atom stereocenters. The van der Waals surface area contributed by atoms with Crippen LogP contribution in [0.5, 0.6) is 17.2 Å². The highest BCUT2D eigenvalue weighted by Crippen LogP contribution is 2.33. The average Bonchev–Trinajstić information content (AvgIpc) is 2.86. The van der Waals surface area contributed by atoms with Gasteiger partial charge in [0, 0.05) is 19.2 Å². The Bertz CT molecular complexity index is 1140. The Labute approximate surface area is 213 Å². The maximum atomic E-state index is 13.7. The number of methoxy groups -OCH3 is 3. The molecule has 1 N–H and O–H groups in total. The van der Waals surface area contributed by atoms with E-state index < -0.39 is 28.5 Å². The lowest BCUT2D eigenvalue weighted by molar-refractivity contribution is -0.140. The number of hydrogen-bond donors (Lipinski definition) is 1. The number of benzene rings is 2. The Morgan fingerprint density at radius 1 is 0.944 bits per heavy atom. The molecule has 0 aromatic heterocycles. The fourth-order valence-corrected chi connectivity index (χ4v) is 4.58. The number of nitrogens with zero attached hydrogens (tertiary/aromatic N) is 2. The number of carbonyl (C=O) groups excluding carboxylic acids is 2. The van der Waals surface area contributed by atoms with Crippen molar-refractivity contribution in [3.8, 4) is 17.2 Å². The molecular formula is C25H35N3O7S. The molecule has 2 aromatic carbocycles. The number of likely N-dealkylation sites (N-methyl/N-ethyl adjacent to an activating group) is 1. The van der Waals surface area contributed by atoms with Crippen molar-refractivity contribution in [3.63, 3.8) is 0 Å². The number of nitrogens with one attached hydrogen (secondary N) is 1. The Morgan fingerprint density at radius 2 is 1.56 bits per heavy atom. The molecule has 2 rings (SSSR count). The summed E-state index contributed by atoms with van der Waals surface area (Å²) in [6, 6.07) is 11.0. The molecule has 0 radical (unpaired) electrons. The summed E-state index contributed by atoms with van der Waals surface area (Å²) in [7, 11) is 0.544. The van der Waals surface area contributed by atoms with E-state index in [0.29, 0.717) is 24.5 Å². The van der Waals surface area contributed by atoms with Crippen molar-refractivity contribution in [1.29, 1.82) is 0 Å². The van der Waals surface area contributed by atoms with Crippen molar-refractivity contribution in [3.05, 3.63) is 48.0 Å². The van der Waals surface area contributed by atoms with Gasteiger partial charge < -0.3 is 24.4 Å². The molecule has 2 amide bonds. The first-order valence-electron chi connectivity index (χ1n) is 11.5. The summed E-state index contributed by atoms with van der Waals surface area (Å²) in [5.41, 5.74) is 0.949. The lowest BCUT2D eigenvalue weighted by atomic mass is 10.1. The summed E-state index contributed by atoms with van der Waals surface area (Å²) < 4.78 is 42.3. The topological polar surface area (TPSA) is 114 Å². The first-order valence-corrected chi connectivity index (χ1v) is 13.3. The average molecular weight is 522 g/mol. The molecule has 198 valence electrons. The first-order chi connectivity index (χ1) is 17.1. The zero-order valence-electron chi connectivity index (χ0n) is 21.6. The van der Waals surface area contributed by atoms with Crippen molar-refractivity contribution >= 4 is 27.5 Å². The smallest absolute Gasteiger partial charge is 0.244 e. The standard InChI is InChI=1S/C25H35N3O7S/c1-7-21(25(30)26-8-2)27(16-18-9-11-19(33-3)12-10-18)24(29)17-28(36(6,31)32)22-14-13-20(34-4)15-23(22)35-5/h9-15,21H,7-8,16-17H2,1-6H3,(H,26,30)/t21-/m1/s1. The number of rotatable bonds is 13. The van der Waals surface area contributed by atoms with Crippen LogP contribution in [0, 0.1) is 0 Å². The molecule has 0 saturated heterocycles. The van der Waals surface area contributed by atoms with Crippen LogP contribution in [0.3, 0.4) is 0 Å². The van der Waals surface area contributed by atoms with Crippen LogP contribution in [-0.2, 0) is 26.2 Å². The first kappa shape index (κ1) is 28.8. The molecule has 0 saturated carbocycles. The second-order valence-corrected chi connectivity index (χ2v) is 9.90. The Hall–Kier alpha value is -3.47. The number of amides is 2. The minimum Gasteiger partial charge on any atom is -0.497 e. The van der Waals surface area contributed by atoms with Gasteiger partial charge in [0.1, 0.15) is 29.8 Å². The predicted octanol–water partition coefficient (Wildman–Crippen LogP) is 2.42. The van der Waals surface area contributed by atoms with Crippen LogP contribution in [0.25, 0.3) is 0 Å². The van der Waals surface area contributed by atoms with Crippen LogP contribution in [0.4, 0.5) is 5.69 Å². The Morgan fingerprint density at radius 3 is 2.06 bits per heavy atom. The molecule has 0 aliphatic heterocycles. The number of ether oxygens (including phenoxy) is 3. The van der Waals surface area contributed by atoms with Gasteiger partial charge in [0.05, 0.1) is 33.3 Å². The van der Waals surface area contributed by atoms with Gasteiger partial charge in [0.2, 0.25) is 21.8 Å². The molecule has 0 aliphatic rings. The van der Waals surface area contributed by atoms with Gasteiger partial charge >= 0.3 is 0 Å². The highest BCUT2D eigenvalue weighted by atomic mass is 32.2. The normalized spacial score (nSPS) is 11.8. The van der Waals surface area contributed by atoms with Crippen molar-refractivity contribution in [2.45, 2.75) is 32.9 Å². The third-order valence-corrected chi connectivity index (χ3v) is 6.71. The van der Waals surface area contributed by atoms with E-state index in [2.05, 4.69) is 5.32 Å². The van der Waals surface area contributed by atoms with Gasteiger partial charge in [0.15, 0.2) is 0 Å². The highest BCUT2D eigenvalue weighted by molar-refractivity contribution is 7.92.